The highest BCUT2D eigenvalue weighted by molar-refractivity contribution is 7.99. The van der Waals surface area contributed by atoms with E-state index in [0.717, 1.165) is 43.1 Å². The third-order valence-corrected chi connectivity index (χ3v) is 5.40. The van der Waals surface area contributed by atoms with E-state index in [1.54, 1.807) is 4.90 Å². The number of hydrogen-bond donors (Lipinski definition) is 1. The smallest absolute Gasteiger partial charge is 0.322 e. The second kappa shape index (κ2) is 9.74. The lowest BCUT2D eigenvalue weighted by Crippen LogP contribution is -2.35. The second-order valence-electron chi connectivity index (χ2n) is 6.22. The molecular weight excluding hydrogens is 320 g/mol. The molecule has 1 N–H and O–H groups in total. The topological polar surface area (TPSA) is 41.6 Å². The molecule has 0 atom stereocenters. The standard InChI is InChI=1S/C19H28N2O2S/c1-4-21(13-15(2)3)19(22)20-17-7-5-6-16(12-17)14-24-18-8-10-23-11-9-18/h5-7,12,18H,2,4,8-11,13-14H2,1,3H3,(H,20,22). The molecule has 0 saturated carbocycles. The average molecular weight is 349 g/mol. The second-order valence-corrected chi connectivity index (χ2v) is 7.51. The number of hydrogen-bond acceptors (Lipinski definition) is 3. The van der Waals surface area contributed by atoms with Crippen molar-refractivity contribution < 1.29 is 9.53 Å². The molecule has 0 radical (unpaired) electrons. The van der Waals surface area contributed by atoms with Crippen molar-refractivity contribution >= 4 is 23.5 Å². The van der Waals surface area contributed by atoms with Gasteiger partial charge in [0.15, 0.2) is 0 Å². The molecule has 4 nitrogen and oxygen atoms in total. The summed E-state index contributed by atoms with van der Waals surface area (Å²) in [5.74, 6) is 0.970. The summed E-state index contributed by atoms with van der Waals surface area (Å²) in [6.45, 7) is 10.8. The van der Waals surface area contributed by atoms with Crippen molar-refractivity contribution in [3.63, 3.8) is 0 Å². The van der Waals surface area contributed by atoms with Crippen LogP contribution in [0, 0.1) is 0 Å². The number of ether oxygens (including phenoxy) is 1. The largest absolute Gasteiger partial charge is 0.381 e. The van der Waals surface area contributed by atoms with E-state index in [2.05, 4.69) is 24.0 Å². The molecule has 0 aliphatic carbocycles. The van der Waals surface area contributed by atoms with Crippen LogP contribution < -0.4 is 5.32 Å². The summed E-state index contributed by atoms with van der Waals surface area (Å²) >= 11 is 1.98. The lowest BCUT2D eigenvalue weighted by atomic mass is 10.2. The fourth-order valence-electron chi connectivity index (χ4n) is 2.65. The van der Waals surface area contributed by atoms with Gasteiger partial charge in [-0.25, -0.2) is 4.79 Å². The van der Waals surface area contributed by atoms with Crippen molar-refractivity contribution in [1.82, 2.24) is 4.90 Å². The van der Waals surface area contributed by atoms with Gasteiger partial charge >= 0.3 is 6.03 Å². The van der Waals surface area contributed by atoms with Crippen molar-refractivity contribution in [2.45, 2.75) is 37.7 Å². The van der Waals surface area contributed by atoms with Crippen LogP contribution in [0.25, 0.3) is 0 Å². The summed E-state index contributed by atoms with van der Waals surface area (Å²) in [4.78, 5) is 14.1. The highest BCUT2D eigenvalue weighted by atomic mass is 32.2. The number of benzene rings is 1. The molecule has 24 heavy (non-hydrogen) atoms. The highest BCUT2D eigenvalue weighted by Crippen LogP contribution is 2.26. The molecule has 0 unspecified atom stereocenters. The van der Waals surface area contributed by atoms with Gasteiger partial charge in [-0.2, -0.15) is 11.8 Å². The van der Waals surface area contributed by atoms with Gasteiger partial charge in [0.25, 0.3) is 0 Å². The maximum atomic E-state index is 12.4. The molecular formula is C19H28N2O2S. The number of likely N-dealkylation sites (N-methyl/N-ethyl adjacent to an activating group) is 1. The monoisotopic (exact) mass is 348 g/mol. The fraction of sp³-hybridized carbons (Fsp3) is 0.526. The van der Waals surface area contributed by atoms with Gasteiger partial charge in [-0.05, 0) is 44.4 Å². The van der Waals surface area contributed by atoms with Crippen molar-refractivity contribution in [2.75, 3.05) is 31.6 Å². The minimum Gasteiger partial charge on any atom is -0.381 e. The molecule has 1 aliphatic heterocycles. The van der Waals surface area contributed by atoms with Crippen LogP contribution in [0.3, 0.4) is 0 Å². The summed E-state index contributed by atoms with van der Waals surface area (Å²) in [5.41, 5.74) is 3.08. The van der Waals surface area contributed by atoms with E-state index in [-0.39, 0.29) is 6.03 Å². The molecule has 0 bridgehead atoms. The van der Waals surface area contributed by atoms with E-state index in [9.17, 15) is 4.79 Å². The number of amides is 2. The first-order valence-electron chi connectivity index (χ1n) is 8.57. The quantitative estimate of drug-likeness (QED) is 0.736. The lowest BCUT2D eigenvalue weighted by molar-refractivity contribution is 0.1000. The predicted molar refractivity (Wildman–Crippen MR) is 103 cm³/mol. The van der Waals surface area contributed by atoms with Crippen LogP contribution in [-0.4, -0.2) is 42.5 Å². The van der Waals surface area contributed by atoms with Crippen LogP contribution in [0.2, 0.25) is 0 Å². The number of thioether (sulfide) groups is 1. The normalized spacial score (nSPS) is 15.1. The molecule has 5 heteroatoms. The fourth-order valence-corrected chi connectivity index (χ4v) is 3.78. The molecule has 1 saturated heterocycles. The van der Waals surface area contributed by atoms with E-state index in [1.165, 1.54) is 5.56 Å². The van der Waals surface area contributed by atoms with E-state index >= 15 is 0 Å². The molecule has 0 aromatic heterocycles. The zero-order chi connectivity index (χ0) is 17.4. The zero-order valence-corrected chi connectivity index (χ0v) is 15.5. The van der Waals surface area contributed by atoms with E-state index < -0.39 is 0 Å². The van der Waals surface area contributed by atoms with Gasteiger partial charge in [0.2, 0.25) is 0 Å². The Bertz CT molecular complexity index is 556. The van der Waals surface area contributed by atoms with Crippen molar-refractivity contribution in [2.24, 2.45) is 0 Å². The van der Waals surface area contributed by atoms with Gasteiger partial charge in [0, 0.05) is 43.0 Å². The number of anilines is 1. The van der Waals surface area contributed by atoms with Gasteiger partial charge in [-0.15, -0.1) is 0 Å². The SMILES string of the molecule is C=C(C)CN(CC)C(=O)Nc1cccc(CSC2CCOCC2)c1. The van der Waals surface area contributed by atoms with Gasteiger partial charge < -0.3 is 15.0 Å². The molecule has 1 aromatic carbocycles. The summed E-state index contributed by atoms with van der Waals surface area (Å²) < 4.78 is 5.40. The Kier molecular flexibility index (Phi) is 7.66. The molecule has 1 aromatic rings. The van der Waals surface area contributed by atoms with Crippen molar-refractivity contribution in [1.29, 1.82) is 0 Å². The minimum absolute atomic E-state index is 0.0743. The Labute approximate surface area is 149 Å². The number of nitrogens with zero attached hydrogens (tertiary/aromatic N) is 1. The average Bonchev–Trinajstić information content (AvgIpc) is 2.59. The Balaban J connectivity index is 1.89. The zero-order valence-electron chi connectivity index (χ0n) is 14.7. The Morgan fingerprint density at radius 2 is 2.17 bits per heavy atom. The number of nitrogens with one attached hydrogen (secondary N) is 1. The lowest BCUT2D eigenvalue weighted by Gasteiger charge is -2.22. The molecule has 2 amide bonds. The van der Waals surface area contributed by atoms with Crippen molar-refractivity contribution in [3.05, 3.63) is 42.0 Å². The van der Waals surface area contributed by atoms with Crippen LogP contribution in [-0.2, 0) is 10.5 Å². The number of carbonyl (C=O) groups excluding carboxylic acids is 1. The molecule has 1 heterocycles. The Hall–Kier alpha value is -1.46. The third-order valence-electron chi connectivity index (χ3n) is 3.96. The molecule has 132 valence electrons. The Morgan fingerprint density at radius 1 is 1.42 bits per heavy atom. The number of carbonyl (C=O) groups is 1. The highest BCUT2D eigenvalue weighted by Gasteiger charge is 2.15. The van der Waals surface area contributed by atoms with Crippen LogP contribution in [0.5, 0.6) is 0 Å². The van der Waals surface area contributed by atoms with Gasteiger partial charge in [-0.3, -0.25) is 0 Å². The molecule has 2 rings (SSSR count). The minimum atomic E-state index is -0.0743. The summed E-state index contributed by atoms with van der Waals surface area (Å²) in [5, 5.41) is 3.68. The molecule has 0 spiro atoms. The van der Waals surface area contributed by atoms with Crippen LogP contribution in [0.4, 0.5) is 10.5 Å². The summed E-state index contributed by atoms with van der Waals surface area (Å²) in [6.07, 6.45) is 2.26. The first-order chi connectivity index (χ1) is 11.6. The van der Waals surface area contributed by atoms with Crippen LogP contribution >= 0.6 is 11.8 Å². The van der Waals surface area contributed by atoms with Crippen LogP contribution in [0.1, 0.15) is 32.3 Å². The van der Waals surface area contributed by atoms with Crippen molar-refractivity contribution in [3.8, 4) is 0 Å². The Morgan fingerprint density at radius 3 is 2.83 bits per heavy atom. The first kappa shape index (κ1) is 18.9. The van der Waals surface area contributed by atoms with E-state index in [1.807, 2.05) is 37.7 Å². The molecule has 1 aliphatic rings. The first-order valence-corrected chi connectivity index (χ1v) is 9.62. The predicted octanol–water partition coefficient (Wildman–Crippen LogP) is 4.53. The van der Waals surface area contributed by atoms with Gasteiger partial charge in [0.1, 0.15) is 0 Å². The third kappa shape index (κ3) is 6.21. The number of urea groups is 1. The maximum absolute atomic E-state index is 12.4. The maximum Gasteiger partial charge on any atom is 0.322 e. The van der Waals surface area contributed by atoms with E-state index in [4.69, 9.17) is 4.74 Å². The van der Waals surface area contributed by atoms with Crippen LogP contribution in [0.15, 0.2) is 36.4 Å². The molecule has 1 fully saturated rings. The summed E-state index contributed by atoms with van der Waals surface area (Å²) in [6, 6.07) is 8.06. The number of rotatable bonds is 7. The van der Waals surface area contributed by atoms with Gasteiger partial charge in [0.05, 0.1) is 0 Å². The summed E-state index contributed by atoms with van der Waals surface area (Å²) in [7, 11) is 0. The van der Waals surface area contributed by atoms with E-state index in [0.29, 0.717) is 18.3 Å². The van der Waals surface area contributed by atoms with Gasteiger partial charge in [-0.1, -0.05) is 24.3 Å².